The Kier molecular flexibility index (Phi) is 5.49. The van der Waals surface area contributed by atoms with Crippen LogP contribution in [-0.2, 0) is 13.2 Å². The van der Waals surface area contributed by atoms with E-state index in [1.807, 2.05) is 0 Å². The first-order valence-corrected chi connectivity index (χ1v) is 9.44. The maximum atomic E-state index is 13.9. The Morgan fingerprint density at radius 2 is 1.71 bits per heavy atom. The van der Waals surface area contributed by atoms with Crippen molar-refractivity contribution in [3.8, 4) is 5.75 Å². The van der Waals surface area contributed by atoms with Crippen LogP contribution in [0.25, 0.3) is 10.9 Å². The number of ether oxygens (including phenoxy) is 1. The van der Waals surface area contributed by atoms with Gasteiger partial charge >= 0.3 is 5.97 Å². The second-order valence-corrected chi connectivity index (χ2v) is 6.98. The lowest BCUT2D eigenvalue weighted by Gasteiger charge is -2.15. The number of hydrogen-bond acceptors (Lipinski definition) is 3. The number of aromatic nitrogens is 1. The van der Waals surface area contributed by atoms with E-state index >= 15 is 0 Å². The van der Waals surface area contributed by atoms with Crippen molar-refractivity contribution in [3.05, 3.63) is 111 Å². The number of carboxylic acids is 1. The van der Waals surface area contributed by atoms with Crippen molar-refractivity contribution in [2.45, 2.75) is 13.2 Å². The van der Waals surface area contributed by atoms with Gasteiger partial charge in [0.15, 0.2) is 0 Å². The van der Waals surface area contributed by atoms with Crippen LogP contribution in [0.15, 0.2) is 77.6 Å². The number of pyridine rings is 1. The molecule has 0 fully saturated rings. The van der Waals surface area contributed by atoms with Crippen LogP contribution >= 0.6 is 0 Å². The molecule has 0 saturated carbocycles. The Balaban J connectivity index is 1.67. The molecule has 0 amide bonds. The minimum absolute atomic E-state index is 0.157. The number of aromatic carboxylic acids is 1. The molecule has 0 radical (unpaired) electrons. The van der Waals surface area contributed by atoms with Crippen molar-refractivity contribution in [2.24, 2.45) is 0 Å². The van der Waals surface area contributed by atoms with Crippen LogP contribution in [0, 0.1) is 11.6 Å². The highest BCUT2D eigenvalue weighted by atomic mass is 19.1. The van der Waals surface area contributed by atoms with E-state index in [1.54, 1.807) is 41.0 Å². The number of benzene rings is 3. The highest BCUT2D eigenvalue weighted by molar-refractivity contribution is 5.87. The van der Waals surface area contributed by atoms with Crippen LogP contribution in [0.2, 0.25) is 0 Å². The number of halogens is 2. The van der Waals surface area contributed by atoms with Crippen molar-refractivity contribution in [2.75, 3.05) is 0 Å². The summed E-state index contributed by atoms with van der Waals surface area (Å²) in [4.78, 5) is 23.8. The zero-order valence-corrected chi connectivity index (χ0v) is 16.2. The summed E-state index contributed by atoms with van der Waals surface area (Å²) in [5.74, 6) is -2.12. The van der Waals surface area contributed by atoms with Crippen LogP contribution in [0.3, 0.4) is 0 Å². The zero-order valence-electron chi connectivity index (χ0n) is 16.2. The van der Waals surface area contributed by atoms with Gasteiger partial charge in [-0.05, 0) is 42.0 Å². The Bertz CT molecular complexity index is 1330. The quantitative estimate of drug-likeness (QED) is 0.494. The maximum absolute atomic E-state index is 13.9. The maximum Gasteiger partial charge on any atom is 0.335 e. The van der Waals surface area contributed by atoms with E-state index in [0.29, 0.717) is 16.7 Å². The highest BCUT2D eigenvalue weighted by Gasteiger charge is 2.12. The van der Waals surface area contributed by atoms with Crippen molar-refractivity contribution >= 4 is 16.9 Å². The van der Waals surface area contributed by atoms with E-state index < -0.39 is 17.6 Å². The number of fused-ring (bicyclic) bond motifs is 1. The van der Waals surface area contributed by atoms with Crippen molar-refractivity contribution in [1.29, 1.82) is 0 Å². The number of hydrogen-bond donors (Lipinski definition) is 1. The summed E-state index contributed by atoms with van der Waals surface area (Å²) < 4.78 is 34.3. The number of rotatable bonds is 6. The largest absolute Gasteiger partial charge is 0.488 e. The van der Waals surface area contributed by atoms with E-state index in [9.17, 15) is 18.4 Å². The minimum atomic E-state index is -1.02. The van der Waals surface area contributed by atoms with E-state index in [-0.39, 0.29) is 29.8 Å². The summed E-state index contributed by atoms with van der Waals surface area (Å²) in [7, 11) is 0. The van der Waals surface area contributed by atoms with Crippen LogP contribution in [0.5, 0.6) is 5.75 Å². The predicted molar refractivity (Wildman–Crippen MR) is 111 cm³/mol. The summed E-state index contributed by atoms with van der Waals surface area (Å²) >= 11 is 0. The lowest BCUT2D eigenvalue weighted by atomic mass is 10.1. The Morgan fingerprint density at radius 3 is 2.42 bits per heavy atom. The Morgan fingerprint density at radius 1 is 0.968 bits per heavy atom. The fourth-order valence-corrected chi connectivity index (χ4v) is 3.32. The van der Waals surface area contributed by atoms with Gasteiger partial charge in [0.1, 0.15) is 24.0 Å². The van der Waals surface area contributed by atoms with Crippen molar-refractivity contribution in [1.82, 2.24) is 4.57 Å². The van der Waals surface area contributed by atoms with Crippen molar-refractivity contribution < 1.29 is 23.4 Å². The minimum Gasteiger partial charge on any atom is -0.488 e. The standard InChI is InChI=1S/C24H17F2NO4/c25-18-10-9-17(20(26)11-18)14-31-22-12-23(28)27(21-4-2-1-3-19(21)22)13-15-5-7-16(8-6-15)24(29)30/h1-12H,13-14H2,(H,29,30). The molecule has 156 valence electrons. The summed E-state index contributed by atoms with van der Waals surface area (Å²) in [5, 5.41) is 9.69. The van der Waals surface area contributed by atoms with E-state index in [4.69, 9.17) is 9.84 Å². The first-order valence-electron chi connectivity index (χ1n) is 9.44. The van der Waals surface area contributed by atoms with Crippen molar-refractivity contribution in [3.63, 3.8) is 0 Å². The lowest BCUT2D eigenvalue weighted by Crippen LogP contribution is -2.21. The van der Waals surface area contributed by atoms with Crippen LogP contribution in [0.1, 0.15) is 21.5 Å². The predicted octanol–water partition coefficient (Wildman–Crippen LogP) is 4.61. The van der Waals surface area contributed by atoms with Gasteiger partial charge in [-0.25, -0.2) is 13.6 Å². The topological polar surface area (TPSA) is 68.5 Å². The molecular weight excluding hydrogens is 404 g/mol. The first-order chi connectivity index (χ1) is 14.9. The third-order valence-corrected chi connectivity index (χ3v) is 4.92. The highest BCUT2D eigenvalue weighted by Crippen LogP contribution is 2.25. The van der Waals surface area contributed by atoms with Gasteiger partial charge in [0.2, 0.25) is 0 Å². The van der Waals surface area contributed by atoms with E-state index in [2.05, 4.69) is 0 Å². The van der Waals surface area contributed by atoms with Gasteiger partial charge in [-0.2, -0.15) is 0 Å². The molecule has 0 saturated heterocycles. The fraction of sp³-hybridized carbons (Fsp3) is 0.0833. The third-order valence-electron chi connectivity index (χ3n) is 4.92. The average Bonchev–Trinajstić information content (AvgIpc) is 2.76. The van der Waals surface area contributed by atoms with Gasteiger partial charge in [0.25, 0.3) is 5.56 Å². The number of carbonyl (C=O) groups is 1. The molecule has 0 spiro atoms. The van der Waals surface area contributed by atoms with Gasteiger partial charge in [-0.15, -0.1) is 0 Å². The number of nitrogens with zero attached hydrogens (tertiary/aromatic N) is 1. The number of carboxylic acid groups (broad SMARTS) is 1. The SMILES string of the molecule is O=C(O)c1ccc(Cn2c(=O)cc(OCc3ccc(F)cc3F)c3ccccc32)cc1. The molecule has 5 nitrogen and oxygen atoms in total. The summed E-state index contributed by atoms with van der Waals surface area (Å²) in [6, 6.07) is 18.0. The van der Waals surface area contributed by atoms with Crippen LogP contribution in [0.4, 0.5) is 8.78 Å². The molecule has 1 aromatic heterocycles. The van der Waals surface area contributed by atoms with E-state index in [0.717, 1.165) is 17.7 Å². The van der Waals surface area contributed by atoms with Gasteiger partial charge in [0.05, 0.1) is 17.6 Å². The molecular formula is C24H17F2NO4. The lowest BCUT2D eigenvalue weighted by molar-refractivity contribution is 0.0697. The van der Waals surface area contributed by atoms with Gasteiger partial charge in [-0.1, -0.05) is 24.3 Å². The molecule has 1 N–H and O–H groups in total. The van der Waals surface area contributed by atoms with Crippen LogP contribution < -0.4 is 10.3 Å². The molecule has 31 heavy (non-hydrogen) atoms. The zero-order chi connectivity index (χ0) is 22.0. The second kappa shape index (κ2) is 8.39. The molecule has 0 aliphatic rings. The molecule has 4 aromatic rings. The molecule has 3 aromatic carbocycles. The molecule has 0 aliphatic heterocycles. The van der Waals surface area contributed by atoms with Gasteiger partial charge in [0, 0.05) is 23.1 Å². The normalized spacial score (nSPS) is 10.9. The summed E-state index contributed by atoms with van der Waals surface area (Å²) in [5.41, 5.74) is 1.40. The van der Waals surface area contributed by atoms with Gasteiger partial charge in [-0.3, -0.25) is 4.79 Å². The van der Waals surface area contributed by atoms with Gasteiger partial charge < -0.3 is 14.4 Å². The molecule has 0 aliphatic carbocycles. The van der Waals surface area contributed by atoms with Crippen LogP contribution in [-0.4, -0.2) is 15.6 Å². The molecule has 0 bridgehead atoms. The average molecular weight is 421 g/mol. The molecule has 4 rings (SSSR count). The fourth-order valence-electron chi connectivity index (χ4n) is 3.32. The monoisotopic (exact) mass is 421 g/mol. The molecule has 7 heteroatoms. The van der Waals surface area contributed by atoms with E-state index in [1.165, 1.54) is 24.3 Å². The third kappa shape index (κ3) is 4.30. The first kappa shape index (κ1) is 20.3. The number of para-hydroxylation sites is 1. The smallest absolute Gasteiger partial charge is 0.335 e. The molecule has 1 heterocycles. The molecule has 0 unspecified atom stereocenters. The second-order valence-electron chi connectivity index (χ2n) is 6.98. The Labute approximate surface area is 175 Å². The molecule has 0 atom stereocenters. The Hall–Kier alpha value is -4.00. The summed E-state index contributed by atoms with van der Waals surface area (Å²) in [6.07, 6.45) is 0. The summed E-state index contributed by atoms with van der Waals surface area (Å²) in [6.45, 7) is 0.0856.